The number of hydrogen-bond acceptors (Lipinski definition) is 5. The van der Waals surface area contributed by atoms with Gasteiger partial charge in [0.2, 0.25) is 0 Å². The molecule has 0 saturated carbocycles. The summed E-state index contributed by atoms with van der Waals surface area (Å²) < 4.78 is 0.511. The number of nitrogens with one attached hydrogen (secondary N) is 1. The molecule has 142 valence electrons. The molecule has 3 rings (SSSR count). The second-order valence-corrected chi connectivity index (χ2v) is 7.77. The maximum atomic E-state index is 11.8. The second kappa shape index (κ2) is 8.29. The van der Waals surface area contributed by atoms with Crippen LogP contribution in [0.3, 0.4) is 0 Å². The fourth-order valence-electron chi connectivity index (χ4n) is 3.52. The van der Waals surface area contributed by atoms with Crippen LogP contribution in [-0.4, -0.2) is 23.1 Å². The molecule has 1 aromatic rings. The molecule has 0 amide bonds. The Balaban J connectivity index is 2.31. The van der Waals surface area contributed by atoms with Gasteiger partial charge in [0.05, 0.1) is 10.5 Å². The van der Waals surface area contributed by atoms with Gasteiger partial charge in [-0.25, -0.2) is 0 Å². The summed E-state index contributed by atoms with van der Waals surface area (Å²) in [6.07, 6.45) is 5.92. The highest BCUT2D eigenvalue weighted by molar-refractivity contribution is 9.11. The molecule has 27 heavy (non-hydrogen) atoms. The lowest BCUT2D eigenvalue weighted by molar-refractivity contribution is -0.375. The zero-order chi connectivity index (χ0) is 19.6. The van der Waals surface area contributed by atoms with Crippen LogP contribution in [-0.2, 0) is 0 Å². The number of hydrogen-bond donors (Lipinski definition) is 3. The zero-order valence-electron chi connectivity index (χ0n) is 14.4. The van der Waals surface area contributed by atoms with Crippen LogP contribution in [0.15, 0.2) is 52.4 Å². The minimum absolute atomic E-state index is 0.0288. The Bertz CT molecular complexity index is 899. The first-order valence-corrected chi connectivity index (χ1v) is 9.69. The van der Waals surface area contributed by atoms with E-state index in [9.17, 15) is 15.2 Å². The van der Waals surface area contributed by atoms with Gasteiger partial charge in [0.25, 0.3) is 5.70 Å². The first-order chi connectivity index (χ1) is 12.9. The highest BCUT2D eigenvalue weighted by atomic mass is 79.9. The maximum Gasteiger partial charge on any atom is 0.277 e. The lowest BCUT2D eigenvalue weighted by Crippen LogP contribution is -2.29. The summed E-state index contributed by atoms with van der Waals surface area (Å²) in [7, 11) is 0. The van der Waals surface area contributed by atoms with Gasteiger partial charge in [-0.05, 0) is 71.6 Å². The minimum Gasteiger partial charge on any atom is -0.507 e. The van der Waals surface area contributed by atoms with Gasteiger partial charge in [0, 0.05) is 32.9 Å². The molecule has 0 bridgehead atoms. The third-order valence-electron chi connectivity index (χ3n) is 4.77. The predicted molar refractivity (Wildman–Crippen MR) is 111 cm³/mol. The van der Waals surface area contributed by atoms with E-state index in [1.165, 1.54) is 12.3 Å². The van der Waals surface area contributed by atoms with Gasteiger partial charge in [-0.3, -0.25) is 10.1 Å². The molecular weight excluding hydrogens is 434 g/mol. The molecule has 2 aliphatic rings. The van der Waals surface area contributed by atoms with E-state index in [-0.39, 0.29) is 17.4 Å². The van der Waals surface area contributed by atoms with Crippen LogP contribution in [0.4, 0.5) is 0 Å². The molecule has 8 heteroatoms. The Hall–Kier alpha value is -2.09. The Morgan fingerprint density at radius 2 is 2.07 bits per heavy atom. The van der Waals surface area contributed by atoms with Crippen LogP contribution < -0.4 is 11.1 Å². The molecule has 0 spiro atoms. The molecule has 1 heterocycles. The van der Waals surface area contributed by atoms with E-state index in [4.69, 9.17) is 17.3 Å². The predicted octanol–water partition coefficient (Wildman–Crippen LogP) is 4.36. The van der Waals surface area contributed by atoms with Gasteiger partial charge >= 0.3 is 0 Å². The summed E-state index contributed by atoms with van der Waals surface area (Å²) in [5, 5.41) is 26.6. The fraction of sp³-hybridized carbons (Fsp3) is 0.263. The molecule has 6 nitrogen and oxygen atoms in total. The molecule has 4 N–H and O–H groups in total. The highest BCUT2D eigenvalue weighted by Crippen LogP contribution is 2.42. The fourth-order valence-corrected chi connectivity index (χ4v) is 3.94. The van der Waals surface area contributed by atoms with Crippen LogP contribution in [0, 0.1) is 16.0 Å². The summed E-state index contributed by atoms with van der Waals surface area (Å²) in [4.78, 5) is 11.3. The van der Waals surface area contributed by atoms with E-state index in [1.54, 1.807) is 24.3 Å². The van der Waals surface area contributed by atoms with Crippen molar-refractivity contribution >= 4 is 38.8 Å². The number of nitrogens with two attached hydrogens (primary N) is 1. The molecule has 1 saturated heterocycles. The van der Waals surface area contributed by atoms with E-state index in [0.717, 1.165) is 25.9 Å². The topological polar surface area (TPSA) is 101 Å². The standard InChI is InChI=1S/C19H19BrClN3O3/c20-13(10-22)7-12-8-17(24(26)27)16-9-14(21)1-2-15(16)18(19(12)25)11-3-5-23-6-4-11/h1-2,7-11,23,25H,3-6,22H2/b12-7-,13-10+. The van der Waals surface area contributed by atoms with Crippen molar-refractivity contribution < 1.29 is 10.0 Å². The smallest absolute Gasteiger partial charge is 0.277 e. The van der Waals surface area contributed by atoms with E-state index >= 15 is 0 Å². The number of aliphatic hydroxyl groups excluding tert-OH is 1. The van der Waals surface area contributed by atoms with Gasteiger partial charge in [-0.1, -0.05) is 17.7 Å². The average molecular weight is 453 g/mol. The van der Waals surface area contributed by atoms with Crippen molar-refractivity contribution in [2.75, 3.05) is 13.1 Å². The molecule has 1 aromatic carbocycles. The minimum atomic E-state index is -0.457. The highest BCUT2D eigenvalue weighted by Gasteiger charge is 2.32. The summed E-state index contributed by atoms with van der Waals surface area (Å²) in [6, 6.07) is 5.02. The number of nitro groups is 1. The summed E-state index contributed by atoms with van der Waals surface area (Å²) >= 11 is 9.41. The van der Waals surface area contributed by atoms with E-state index in [2.05, 4.69) is 21.2 Å². The normalized spacial score (nSPS) is 20.3. The molecule has 1 aliphatic heterocycles. The van der Waals surface area contributed by atoms with Crippen LogP contribution in [0.25, 0.3) is 11.3 Å². The maximum absolute atomic E-state index is 11.8. The Morgan fingerprint density at radius 1 is 1.37 bits per heavy atom. The summed E-state index contributed by atoms with van der Waals surface area (Å²) in [6.45, 7) is 1.65. The molecule has 0 unspecified atom stereocenters. The first-order valence-electron chi connectivity index (χ1n) is 8.52. The number of aliphatic hydroxyl groups is 1. The van der Waals surface area contributed by atoms with Crippen LogP contribution in [0.1, 0.15) is 24.0 Å². The van der Waals surface area contributed by atoms with Gasteiger partial charge in [0.15, 0.2) is 0 Å². The summed E-state index contributed by atoms with van der Waals surface area (Å²) in [5.74, 6) is 0.107. The van der Waals surface area contributed by atoms with Gasteiger partial charge in [-0.2, -0.15) is 0 Å². The SMILES string of the molecule is N/C=C(Br)\C=C1\C=C([N+](=O)[O-])c2cc(Cl)ccc2C(C2CCNCC2)=C1O. The van der Waals surface area contributed by atoms with Crippen molar-refractivity contribution in [3.05, 3.63) is 78.6 Å². The van der Waals surface area contributed by atoms with E-state index in [0.29, 0.717) is 31.8 Å². The molecule has 1 fully saturated rings. The Labute approximate surface area is 170 Å². The van der Waals surface area contributed by atoms with Crippen molar-refractivity contribution in [3.63, 3.8) is 0 Å². The van der Waals surface area contributed by atoms with Crippen LogP contribution >= 0.6 is 27.5 Å². The van der Waals surface area contributed by atoms with Gasteiger partial charge in [0.1, 0.15) is 5.76 Å². The van der Waals surface area contributed by atoms with Crippen molar-refractivity contribution in [1.29, 1.82) is 0 Å². The molecule has 0 atom stereocenters. The van der Waals surface area contributed by atoms with Crippen LogP contribution in [0.5, 0.6) is 0 Å². The Morgan fingerprint density at radius 3 is 2.70 bits per heavy atom. The number of fused-ring (bicyclic) bond motifs is 1. The van der Waals surface area contributed by atoms with E-state index < -0.39 is 4.92 Å². The second-order valence-electron chi connectivity index (χ2n) is 6.41. The van der Waals surface area contributed by atoms with Crippen molar-refractivity contribution in [2.45, 2.75) is 12.8 Å². The zero-order valence-corrected chi connectivity index (χ0v) is 16.8. The number of halogens is 2. The molecule has 0 radical (unpaired) electrons. The number of allylic oxidation sites excluding steroid dienone is 4. The van der Waals surface area contributed by atoms with Crippen molar-refractivity contribution in [1.82, 2.24) is 5.32 Å². The largest absolute Gasteiger partial charge is 0.507 e. The van der Waals surface area contributed by atoms with Crippen molar-refractivity contribution in [3.8, 4) is 0 Å². The molecular formula is C19H19BrClN3O3. The Kier molecular flexibility index (Phi) is 6.04. The molecule has 0 aromatic heterocycles. The average Bonchev–Trinajstić information content (AvgIpc) is 2.77. The monoisotopic (exact) mass is 451 g/mol. The van der Waals surface area contributed by atoms with Crippen molar-refractivity contribution in [2.24, 2.45) is 11.7 Å². The van der Waals surface area contributed by atoms with E-state index in [1.807, 2.05) is 0 Å². The van der Waals surface area contributed by atoms with Crippen LogP contribution in [0.2, 0.25) is 5.02 Å². The van der Waals surface area contributed by atoms with Gasteiger partial charge < -0.3 is 16.2 Å². The number of rotatable bonds is 3. The summed E-state index contributed by atoms with van der Waals surface area (Å²) in [5.41, 5.74) is 7.49. The first kappa shape index (κ1) is 19.7. The lowest BCUT2D eigenvalue weighted by Gasteiger charge is -2.27. The molecule has 1 aliphatic carbocycles. The third-order valence-corrected chi connectivity index (χ3v) is 5.49. The lowest BCUT2D eigenvalue weighted by atomic mass is 9.83. The number of piperidine rings is 1. The quantitative estimate of drug-likeness (QED) is 0.467. The number of nitrogens with zero attached hydrogens (tertiary/aromatic N) is 1. The van der Waals surface area contributed by atoms with Gasteiger partial charge in [-0.15, -0.1) is 0 Å². The number of benzene rings is 1. The third kappa shape index (κ3) is 4.10.